The van der Waals surface area contributed by atoms with Crippen LogP contribution < -0.4 is 10.7 Å². The monoisotopic (exact) mass is 426 g/mol. The molecule has 0 atom stereocenters. The number of furan rings is 1. The Labute approximate surface area is 175 Å². The topological polar surface area (TPSA) is 127 Å². The predicted molar refractivity (Wildman–Crippen MR) is 112 cm³/mol. The number of anilines is 1. The van der Waals surface area contributed by atoms with Gasteiger partial charge in [-0.1, -0.05) is 11.6 Å². The number of hydrazone groups is 1. The number of nitrogens with zero attached hydrogens (tertiary/aromatic N) is 2. The van der Waals surface area contributed by atoms with Gasteiger partial charge in [-0.3, -0.25) is 19.7 Å². The molecule has 9 nitrogen and oxygen atoms in total. The third kappa shape index (κ3) is 5.09. The molecule has 0 fully saturated rings. The van der Waals surface area contributed by atoms with Crippen molar-refractivity contribution in [3.05, 3.63) is 81.1 Å². The molecule has 0 bridgehead atoms. The lowest BCUT2D eigenvalue weighted by atomic mass is 10.1. The molecule has 152 valence electrons. The summed E-state index contributed by atoms with van der Waals surface area (Å²) in [6.45, 7) is 1.39. The summed E-state index contributed by atoms with van der Waals surface area (Å²) >= 11 is 5.82. The number of benzene rings is 2. The van der Waals surface area contributed by atoms with Crippen molar-refractivity contribution in [2.75, 3.05) is 5.32 Å². The van der Waals surface area contributed by atoms with Crippen molar-refractivity contribution in [3.8, 4) is 11.3 Å². The van der Waals surface area contributed by atoms with Crippen LogP contribution in [-0.2, 0) is 4.79 Å². The number of hydrogen-bond donors (Lipinski definition) is 2. The Kier molecular flexibility index (Phi) is 6.23. The first-order chi connectivity index (χ1) is 14.3. The van der Waals surface area contributed by atoms with Crippen LogP contribution in [0.15, 0.2) is 64.1 Å². The van der Waals surface area contributed by atoms with Crippen LogP contribution in [0.1, 0.15) is 23.0 Å². The van der Waals surface area contributed by atoms with Gasteiger partial charge in [0, 0.05) is 29.3 Å². The van der Waals surface area contributed by atoms with E-state index >= 15 is 0 Å². The van der Waals surface area contributed by atoms with Crippen LogP contribution in [0, 0.1) is 10.1 Å². The number of nitro benzene ring substituents is 1. The molecule has 2 amide bonds. The Morgan fingerprint density at radius 3 is 2.53 bits per heavy atom. The van der Waals surface area contributed by atoms with Crippen LogP contribution in [0.5, 0.6) is 0 Å². The van der Waals surface area contributed by atoms with Crippen molar-refractivity contribution in [1.82, 2.24) is 5.43 Å². The van der Waals surface area contributed by atoms with E-state index in [-0.39, 0.29) is 33.7 Å². The van der Waals surface area contributed by atoms with E-state index in [2.05, 4.69) is 15.8 Å². The average Bonchev–Trinajstić information content (AvgIpc) is 3.16. The first kappa shape index (κ1) is 20.7. The van der Waals surface area contributed by atoms with Crippen molar-refractivity contribution in [2.24, 2.45) is 5.10 Å². The normalized spacial score (nSPS) is 10.7. The summed E-state index contributed by atoms with van der Waals surface area (Å²) in [6, 6.07) is 13.7. The van der Waals surface area contributed by atoms with E-state index in [0.717, 1.165) is 0 Å². The van der Waals surface area contributed by atoms with Crippen LogP contribution in [0.2, 0.25) is 5.02 Å². The molecule has 0 saturated carbocycles. The Bertz CT molecular complexity index is 1140. The molecule has 30 heavy (non-hydrogen) atoms. The summed E-state index contributed by atoms with van der Waals surface area (Å²) in [5, 5.41) is 17.9. The smallest absolute Gasteiger partial charge is 0.281 e. The molecule has 0 aliphatic heterocycles. The van der Waals surface area contributed by atoms with Gasteiger partial charge in [-0.25, -0.2) is 5.43 Å². The molecule has 2 N–H and O–H groups in total. The third-order valence-corrected chi connectivity index (χ3v) is 4.11. The fourth-order valence-corrected chi connectivity index (χ4v) is 2.72. The zero-order valence-electron chi connectivity index (χ0n) is 15.6. The summed E-state index contributed by atoms with van der Waals surface area (Å²) in [6.07, 6.45) is 1.27. The van der Waals surface area contributed by atoms with Gasteiger partial charge in [0.25, 0.3) is 11.6 Å². The van der Waals surface area contributed by atoms with E-state index in [0.29, 0.717) is 11.3 Å². The van der Waals surface area contributed by atoms with Gasteiger partial charge in [-0.15, -0.1) is 0 Å². The molecule has 0 aliphatic carbocycles. The minimum atomic E-state index is -0.547. The van der Waals surface area contributed by atoms with Gasteiger partial charge in [-0.2, -0.15) is 5.10 Å². The highest BCUT2D eigenvalue weighted by atomic mass is 35.5. The fraction of sp³-hybridized carbons (Fsp3) is 0.0500. The highest BCUT2D eigenvalue weighted by Crippen LogP contribution is 2.33. The number of amides is 2. The maximum atomic E-state index is 12.1. The average molecular weight is 427 g/mol. The van der Waals surface area contributed by atoms with Crippen molar-refractivity contribution in [3.63, 3.8) is 0 Å². The van der Waals surface area contributed by atoms with Crippen LogP contribution in [0.25, 0.3) is 11.3 Å². The number of nitro groups is 1. The van der Waals surface area contributed by atoms with E-state index in [9.17, 15) is 19.7 Å². The maximum absolute atomic E-state index is 12.1. The van der Waals surface area contributed by atoms with E-state index in [1.807, 2.05) is 0 Å². The van der Waals surface area contributed by atoms with E-state index in [4.69, 9.17) is 16.0 Å². The first-order valence-corrected chi connectivity index (χ1v) is 8.96. The van der Waals surface area contributed by atoms with Gasteiger partial charge in [0.1, 0.15) is 11.5 Å². The minimum absolute atomic E-state index is 0.184. The number of hydrogen-bond acceptors (Lipinski definition) is 6. The second-order valence-corrected chi connectivity index (χ2v) is 6.51. The Morgan fingerprint density at radius 2 is 1.87 bits per heavy atom. The molecule has 1 heterocycles. The Balaban J connectivity index is 1.67. The number of rotatable bonds is 6. The second kappa shape index (κ2) is 9.01. The molecule has 0 aliphatic rings. The first-order valence-electron chi connectivity index (χ1n) is 8.58. The number of halogens is 1. The molecule has 10 heteroatoms. The fourth-order valence-electron chi connectivity index (χ4n) is 2.56. The molecular formula is C20H15ClN4O5. The molecule has 2 aromatic carbocycles. The molecule has 0 radical (unpaired) electrons. The van der Waals surface area contributed by atoms with E-state index in [1.54, 1.807) is 36.4 Å². The van der Waals surface area contributed by atoms with Crippen molar-refractivity contribution < 1.29 is 18.9 Å². The van der Waals surface area contributed by atoms with Crippen molar-refractivity contribution >= 4 is 41.0 Å². The lowest BCUT2D eigenvalue weighted by molar-refractivity contribution is -0.384. The second-order valence-electron chi connectivity index (χ2n) is 6.08. The van der Waals surface area contributed by atoms with Gasteiger partial charge in [0.2, 0.25) is 5.91 Å². The van der Waals surface area contributed by atoms with Crippen LogP contribution in [0.4, 0.5) is 11.4 Å². The lowest BCUT2D eigenvalue weighted by Gasteiger charge is -2.03. The minimum Gasteiger partial charge on any atom is -0.455 e. The number of carbonyl (C=O) groups excluding carboxylic acids is 2. The van der Waals surface area contributed by atoms with Gasteiger partial charge in [-0.05, 0) is 48.5 Å². The van der Waals surface area contributed by atoms with Crippen molar-refractivity contribution in [2.45, 2.75) is 6.92 Å². The SMILES string of the molecule is CC(=O)Nc1ccc(C(=O)N/N=C\c2ccc(-c3ccc(Cl)cc3[N+](=O)[O-])o2)cc1. The van der Waals surface area contributed by atoms with Crippen LogP contribution in [0.3, 0.4) is 0 Å². The zero-order chi connectivity index (χ0) is 21.7. The van der Waals surface area contributed by atoms with E-state index < -0.39 is 10.8 Å². The summed E-state index contributed by atoms with van der Waals surface area (Å²) in [4.78, 5) is 33.8. The van der Waals surface area contributed by atoms with Crippen molar-refractivity contribution in [1.29, 1.82) is 0 Å². The highest BCUT2D eigenvalue weighted by molar-refractivity contribution is 6.30. The quantitative estimate of drug-likeness (QED) is 0.346. The molecule has 1 aromatic heterocycles. The Hall–Kier alpha value is -3.98. The van der Waals surface area contributed by atoms with Crippen LogP contribution in [-0.4, -0.2) is 23.0 Å². The third-order valence-electron chi connectivity index (χ3n) is 3.87. The molecule has 0 spiro atoms. The number of nitrogens with one attached hydrogen (secondary N) is 2. The zero-order valence-corrected chi connectivity index (χ0v) is 16.3. The van der Waals surface area contributed by atoms with Gasteiger partial charge in [0.15, 0.2) is 0 Å². The summed E-state index contributed by atoms with van der Waals surface area (Å²) in [5.74, 6) is -0.116. The lowest BCUT2D eigenvalue weighted by Crippen LogP contribution is -2.17. The molecule has 0 unspecified atom stereocenters. The molecular weight excluding hydrogens is 412 g/mol. The molecule has 3 rings (SSSR count). The predicted octanol–water partition coefficient (Wildman–Crippen LogP) is 4.23. The van der Waals surface area contributed by atoms with Gasteiger partial charge < -0.3 is 9.73 Å². The molecule has 3 aromatic rings. The summed E-state index contributed by atoms with van der Waals surface area (Å²) in [5.41, 5.74) is 3.35. The van der Waals surface area contributed by atoms with Gasteiger partial charge >= 0.3 is 0 Å². The van der Waals surface area contributed by atoms with E-state index in [1.165, 1.54) is 31.3 Å². The molecule has 0 saturated heterocycles. The highest BCUT2D eigenvalue weighted by Gasteiger charge is 2.18. The van der Waals surface area contributed by atoms with Crippen LogP contribution >= 0.6 is 11.6 Å². The van der Waals surface area contributed by atoms with Gasteiger partial charge in [0.05, 0.1) is 16.7 Å². The largest absolute Gasteiger partial charge is 0.455 e. The summed E-state index contributed by atoms with van der Waals surface area (Å²) < 4.78 is 5.55. The number of carbonyl (C=O) groups is 2. The maximum Gasteiger partial charge on any atom is 0.281 e. The standard InChI is InChI=1S/C20H15ClN4O5/c1-12(26)23-15-5-2-13(3-6-15)20(27)24-22-11-16-7-9-19(30-16)17-8-4-14(21)10-18(17)25(28)29/h2-11H,1H3,(H,23,26)(H,24,27)/b22-11-. The summed E-state index contributed by atoms with van der Waals surface area (Å²) in [7, 11) is 0. The Morgan fingerprint density at radius 1 is 1.13 bits per heavy atom.